The highest BCUT2D eigenvalue weighted by Gasteiger charge is 2.03. The lowest BCUT2D eigenvalue weighted by molar-refractivity contribution is -0.144. The molecule has 2 amide bonds. The maximum absolute atomic E-state index is 10.9. The van der Waals surface area contributed by atoms with E-state index in [2.05, 4.69) is 24.8 Å². The summed E-state index contributed by atoms with van der Waals surface area (Å²) in [7, 11) is 0. The van der Waals surface area contributed by atoms with E-state index in [-0.39, 0.29) is 6.54 Å². The number of hydrogen-bond donors (Lipinski definition) is 3. The Morgan fingerprint density at radius 1 is 1.56 bits per heavy atom. The van der Waals surface area contributed by atoms with E-state index in [1.165, 1.54) is 6.33 Å². The maximum Gasteiger partial charge on any atom is 0.338 e. The van der Waals surface area contributed by atoms with Crippen molar-refractivity contribution in [2.24, 2.45) is 0 Å². The summed E-state index contributed by atoms with van der Waals surface area (Å²) in [6, 6.07) is -0.638. The molecular weight excluding hydrogens is 220 g/mol. The van der Waals surface area contributed by atoms with Gasteiger partial charge in [0.2, 0.25) is 5.89 Å². The molecule has 0 saturated heterocycles. The minimum Gasteiger partial charge on any atom is -0.479 e. The van der Waals surface area contributed by atoms with Gasteiger partial charge in [0.05, 0.1) is 0 Å². The van der Waals surface area contributed by atoms with Crippen LogP contribution in [0.1, 0.15) is 5.89 Å². The summed E-state index contributed by atoms with van der Waals surface area (Å²) >= 11 is 0. The summed E-state index contributed by atoms with van der Waals surface area (Å²) in [5, 5.41) is 14.0. The highest BCUT2D eigenvalue weighted by molar-refractivity contribution is 5.73. The number of nitrogens with one attached hydrogen (secondary N) is 2. The van der Waals surface area contributed by atoms with Crippen LogP contribution in [0.3, 0.4) is 0 Å². The quantitative estimate of drug-likeness (QED) is 0.531. The van der Waals surface area contributed by atoms with Crippen LogP contribution in [-0.4, -0.2) is 40.4 Å². The second-order valence-electron chi connectivity index (χ2n) is 2.63. The zero-order valence-electron chi connectivity index (χ0n) is 8.17. The van der Waals surface area contributed by atoms with Crippen molar-refractivity contribution in [3.63, 3.8) is 0 Å². The molecule has 0 fully saturated rings. The van der Waals surface area contributed by atoms with E-state index in [1.807, 2.05) is 5.48 Å². The highest BCUT2D eigenvalue weighted by Crippen LogP contribution is 1.89. The van der Waals surface area contributed by atoms with Crippen LogP contribution < -0.4 is 10.8 Å². The van der Waals surface area contributed by atoms with Crippen LogP contribution >= 0.6 is 0 Å². The Morgan fingerprint density at radius 2 is 2.38 bits per heavy atom. The first-order chi connectivity index (χ1) is 7.68. The van der Waals surface area contributed by atoms with Crippen LogP contribution in [0, 0.1) is 0 Å². The first-order valence-corrected chi connectivity index (χ1v) is 4.31. The molecule has 0 aromatic carbocycles. The standard InChI is InChI=1S/C7H10N4O5/c12-6(13)3-15-11-7(14)8-2-1-5-9-4-10-16-5/h4H,1-3H2,(H,12,13)(H2,8,11,14). The van der Waals surface area contributed by atoms with Crippen molar-refractivity contribution in [2.75, 3.05) is 13.2 Å². The number of urea groups is 1. The summed E-state index contributed by atoms with van der Waals surface area (Å²) in [4.78, 5) is 29.0. The van der Waals surface area contributed by atoms with Gasteiger partial charge in [-0.05, 0) is 0 Å². The molecular formula is C7H10N4O5. The van der Waals surface area contributed by atoms with Crippen molar-refractivity contribution in [3.8, 4) is 0 Å². The minimum atomic E-state index is -1.17. The third-order valence-electron chi connectivity index (χ3n) is 1.39. The van der Waals surface area contributed by atoms with Crippen molar-refractivity contribution in [2.45, 2.75) is 6.42 Å². The lowest BCUT2D eigenvalue weighted by Gasteiger charge is -2.04. The number of carbonyl (C=O) groups excluding carboxylic acids is 1. The maximum atomic E-state index is 10.9. The predicted molar refractivity (Wildman–Crippen MR) is 48.1 cm³/mol. The second-order valence-corrected chi connectivity index (χ2v) is 2.63. The fourth-order valence-electron chi connectivity index (χ4n) is 0.789. The van der Waals surface area contributed by atoms with Crippen molar-refractivity contribution in [1.82, 2.24) is 20.9 Å². The zero-order chi connectivity index (χ0) is 11.8. The van der Waals surface area contributed by atoms with Crippen molar-refractivity contribution >= 4 is 12.0 Å². The van der Waals surface area contributed by atoms with Gasteiger partial charge in [-0.15, -0.1) is 0 Å². The Balaban J connectivity index is 2.04. The molecule has 0 aliphatic heterocycles. The largest absolute Gasteiger partial charge is 0.479 e. The second kappa shape index (κ2) is 6.35. The minimum absolute atomic E-state index is 0.268. The molecule has 16 heavy (non-hydrogen) atoms. The number of hydrogen-bond acceptors (Lipinski definition) is 6. The highest BCUT2D eigenvalue weighted by atomic mass is 16.7. The normalized spacial score (nSPS) is 9.75. The summed E-state index contributed by atoms with van der Waals surface area (Å²) in [6.45, 7) is -0.332. The fourth-order valence-corrected chi connectivity index (χ4v) is 0.789. The number of rotatable bonds is 6. The molecule has 9 nitrogen and oxygen atoms in total. The van der Waals surface area contributed by atoms with E-state index < -0.39 is 18.6 Å². The van der Waals surface area contributed by atoms with Gasteiger partial charge in [0, 0.05) is 13.0 Å². The Labute approximate surface area is 89.7 Å². The topological polar surface area (TPSA) is 127 Å². The lowest BCUT2D eigenvalue weighted by atomic mass is 10.4. The van der Waals surface area contributed by atoms with Crippen LogP contribution in [-0.2, 0) is 16.1 Å². The van der Waals surface area contributed by atoms with Gasteiger partial charge < -0.3 is 14.9 Å². The number of nitrogens with zero attached hydrogens (tertiary/aromatic N) is 2. The lowest BCUT2D eigenvalue weighted by Crippen LogP contribution is -2.37. The summed E-state index contributed by atoms with van der Waals surface area (Å²) < 4.78 is 4.69. The number of carbonyl (C=O) groups is 2. The number of hydroxylamine groups is 1. The molecule has 0 bridgehead atoms. The molecule has 1 heterocycles. The van der Waals surface area contributed by atoms with Crippen LogP contribution in [0.2, 0.25) is 0 Å². The van der Waals surface area contributed by atoms with E-state index in [9.17, 15) is 9.59 Å². The SMILES string of the molecule is O=C(O)CONC(=O)NCCc1ncno1. The first kappa shape index (κ1) is 11.9. The molecule has 0 spiro atoms. The molecule has 0 atom stereocenters. The van der Waals surface area contributed by atoms with E-state index in [0.29, 0.717) is 12.3 Å². The molecule has 1 aromatic rings. The van der Waals surface area contributed by atoms with Crippen LogP contribution in [0.5, 0.6) is 0 Å². The first-order valence-electron chi connectivity index (χ1n) is 4.31. The van der Waals surface area contributed by atoms with Crippen molar-refractivity contribution < 1.29 is 24.1 Å². The summed E-state index contributed by atoms with van der Waals surface area (Å²) in [5.41, 5.74) is 1.90. The van der Waals surface area contributed by atoms with Gasteiger partial charge in [-0.3, -0.25) is 4.84 Å². The van der Waals surface area contributed by atoms with Crippen molar-refractivity contribution in [1.29, 1.82) is 0 Å². The summed E-state index contributed by atoms with van der Waals surface area (Å²) in [5.74, 6) is -0.780. The molecule has 0 unspecified atom stereocenters. The Kier molecular flexibility index (Phi) is 4.73. The molecule has 0 aliphatic carbocycles. The number of aromatic nitrogens is 2. The van der Waals surface area contributed by atoms with Gasteiger partial charge in [-0.25, -0.2) is 15.1 Å². The average molecular weight is 230 g/mol. The Morgan fingerprint density at radius 3 is 3.00 bits per heavy atom. The molecule has 0 aliphatic rings. The molecule has 0 radical (unpaired) electrons. The van der Waals surface area contributed by atoms with Gasteiger partial charge in [0.1, 0.15) is 0 Å². The van der Waals surface area contributed by atoms with Gasteiger partial charge in [0.25, 0.3) is 0 Å². The van der Waals surface area contributed by atoms with Crippen molar-refractivity contribution in [3.05, 3.63) is 12.2 Å². The molecule has 3 N–H and O–H groups in total. The van der Waals surface area contributed by atoms with E-state index >= 15 is 0 Å². The number of amides is 2. The van der Waals surface area contributed by atoms with Gasteiger partial charge in [-0.2, -0.15) is 4.98 Å². The Bertz CT molecular complexity index is 339. The van der Waals surface area contributed by atoms with E-state index in [1.54, 1.807) is 0 Å². The average Bonchev–Trinajstić information content (AvgIpc) is 2.70. The van der Waals surface area contributed by atoms with E-state index in [4.69, 9.17) is 5.11 Å². The van der Waals surface area contributed by atoms with Gasteiger partial charge >= 0.3 is 12.0 Å². The van der Waals surface area contributed by atoms with Gasteiger partial charge in [-0.1, -0.05) is 5.16 Å². The third kappa shape index (κ3) is 4.91. The van der Waals surface area contributed by atoms with Crippen LogP contribution in [0.15, 0.2) is 10.9 Å². The molecule has 1 rings (SSSR count). The van der Waals surface area contributed by atoms with Gasteiger partial charge in [0.15, 0.2) is 12.9 Å². The molecule has 1 aromatic heterocycles. The molecule has 0 saturated carbocycles. The molecule has 88 valence electrons. The Hall–Kier alpha value is -2.16. The summed E-state index contributed by atoms with van der Waals surface area (Å²) in [6.07, 6.45) is 1.64. The zero-order valence-corrected chi connectivity index (χ0v) is 8.17. The monoisotopic (exact) mass is 230 g/mol. The smallest absolute Gasteiger partial charge is 0.338 e. The number of carboxylic acid groups (broad SMARTS) is 1. The van der Waals surface area contributed by atoms with E-state index in [0.717, 1.165) is 0 Å². The van der Waals surface area contributed by atoms with Crippen LogP contribution in [0.25, 0.3) is 0 Å². The third-order valence-corrected chi connectivity index (χ3v) is 1.39. The fraction of sp³-hybridized carbons (Fsp3) is 0.429. The number of aliphatic carboxylic acids is 1. The molecule has 9 heteroatoms. The van der Waals surface area contributed by atoms with Crippen LogP contribution in [0.4, 0.5) is 4.79 Å². The number of carboxylic acids is 1. The predicted octanol–water partition coefficient (Wildman–Crippen LogP) is -1.07.